The van der Waals surface area contributed by atoms with Crippen LogP contribution in [0.1, 0.15) is 19.3 Å². The largest absolute Gasteiger partial charge is 0.507 e. The zero-order valence-corrected chi connectivity index (χ0v) is 9.58. The van der Waals surface area contributed by atoms with E-state index in [1.165, 1.54) is 6.42 Å². The Morgan fingerprint density at radius 3 is 2.15 bits per heavy atom. The van der Waals surface area contributed by atoms with Crippen molar-refractivity contribution in [1.82, 2.24) is 0 Å². The van der Waals surface area contributed by atoms with Gasteiger partial charge < -0.3 is 13.3 Å². The second-order valence-electron chi connectivity index (χ2n) is 3.18. The molecule has 0 radical (unpaired) electrons. The van der Waals surface area contributed by atoms with E-state index in [1.54, 1.807) is 21.3 Å². The molecule has 3 nitrogen and oxygen atoms in total. The fourth-order valence-corrected chi connectivity index (χ4v) is 4.15. The van der Waals surface area contributed by atoms with Gasteiger partial charge in [0.1, 0.15) is 0 Å². The van der Waals surface area contributed by atoms with Gasteiger partial charge >= 0.3 is 8.80 Å². The zero-order valence-electron chi connectivity index (χ0n) is 8.58. The minimum absolute atomic E-state index is 0.334. The van der Waals surface area contributed by atoms with Crippen molar-refractivity contribution in [2.45, 2.75) is 24.8 Å². The lowest BCUT2D eigenvalue weighted by Gasteiger charge is -2.31. The van der Waals surface area contributed by atoms with E-state index in [9.17, 15) is 0 Å². The molecule has 1 aliphatic rings. The van der Waals surface area contributed by atoms with Gasteiger partial charge in [0.15, 0.2) is 0 Å². The van der Waals surface area contributed by atoms with Gasteiger partial charge in [0.05, 0.1) is 0 Å². The lowest BCUT2D eigenvalue weighted by molar-refractivity contribution is 0.114. The Labute approximate surface area is 81.1 Å². The molecule has 1 atom stereocenters. The van der Waals surface area contributed by atoms with Crippen LogP contribution in [-0.4, -0.2) is 30.1 Å². The third-order valence-corrected chi connectivity index (χ3v) is 5.66. The molecule has 0 aromatic heterocycles. The Hall–Kier alpha value is -0.163. The molecule has 0 saturated heterocycles. The van der Waals surface area contributed by atoms with Gasteiger partial charge in [-0.15, -0.1) is 0 Å². The number of allylic oxidation sites excluding steroid dienone is 2. The van der Waals surface area contributed by atoms with Gasteiger partial charge in [-0.3, -0.25) is 0 Å². The summed E-state index contributed by atoms with van der Waals surface area (Å²) in [7, 11) is 2.60. The van der Waals surface area contributed by atoms with Crippen LogP contribution in [0.25, 0.3) is 0 Å². The maximum Gasteiger partial charge on any atom is 0.507 e. The average molecular weight is 202 g/mol. The Kier molecular flexibility index (Phi) is 4.12. The van der Waals surface area contributed by atoms with E-state index in [-0.39, 0.29) is 0 Å². The van der Waals surface area contributed by atoms with Crippen LogP contribution >= 0.6 is 0 Å². The third-order valence-electron chi connectivity index (χ3n) is 2.56. The SMILES string of the molecule is CO[Si](OC)(OC)C1C=CCCC1. The summed E-state index contributed by atoms with van der Waals surface area (Å²) in [5, 5.41) is 0. The summed E-state index contributed by atoms with van der Waals surface area (Å²) in [5.41, 5.74) is 0.334. The van der Waals surface area contributed by atoms with Gasteiger partial charge in [-0.2, -0.15) is 0 Å². The van der Waals surface area contributed by atoms with Crippen molar-refractivity contribution in [3.8, 4) is 0 Å². The fourth-order valence-electron chi connectivity index (χ4n) is 1.81. The van der Waals surface area contributed by atoms with Gasteiger partial charge in [-0.1, -0.05) is 12.2 Å². The first-order chi connectivity index (χ1) is 6.29. The van der Waals surface area contributed by atoms with Crippen LogP contribution in [0, 0.1) is 0 Å². The number of hydrogen-bond acceptors (Lipinski definition) is 3. The summed E-state index contributed by atoms with van der Waals surface area (Å²) in [5.74, 6) is 0. The predicted octanol–water partition coefficient (Wildman–Crippen LogP) is 1.97. The average Bonchev–Trinajstić information content (AvgIpc) is 2.23. The molecule has 1 unspecified atom stereocenters. The summed E-state index contributed by atoms with van der Waals surface area (Å²) in [6.07, 6.45) is 7.83. The Bertz CT molecular complexity index is 169. The molecule has 0 aliphatic heterocycles. The standard InChI is InChI=1S/C9H18O3Si/c1-10-13(11-2,12-3)9-7-5-4-6-8-9/h5,7,9H,4,6,8H2,1-3H3. The van der Waals surface area contributed by atoms with Crippen molar-refractivity contribution in [2.75, 3.05) is 21.3 Å². The first-order valence-electron chi connectivity index (χ1n) is 4.61. The van der Waals surface area contributed by atoms with Gasteiger partial charge in [0, 0.05) is 26.9 Å². The third kappa shape index (κ3) is 2.20. The highest BCUT2D eigenvalue weighted by atomic mass is 28.4. The van der Waals surface area contributed by atoms with Crippen LogP contribution in [0.15, 0.2) is 12.2 Å². The van der Waals surface area contributed by atoms with Gasteiger partial charge in [0.2, 0.25) is 0 Å². The molecule has 0 amide bonds. The van der Waals surface area contributed by atoms with Gasteiger partial charge in [-0.05, 0) is 19.3 Å². The molecular weight excluding hydrogens is 184 g/mol. The Morgan fingerprint density at radius 1 is 1.15 bits per heavy atom. The molecule has 0 saturated carbocycles. The monoisotopic (exact) mass is 202 g/mol. The smallest absolute Gasteiger partial charge is 0.376 e. The van der Waals surface area contributed by atoms with Crippen molar-refractivity contribution in [2.24, 2.45) is 0 Å². The van der Waals surface area contributed by atoms with E-state index in [4.69, 9.17) is 13.3 Å². The minimum Gasteiger partial charge on any atom is -0.376 e. The maximum atomic E-state index is 5.42. The van der Waals surface area contributed by atoms with Crippen molar-refractivity contribution in [1.29, 1.82) is 0 Å². The molecule has 0 fully saturated rings. The topological polar surface area (TPSA) is 27.7 Å². The molecule has 0 bridgehead atoms. The molecule has 0 N–H and O–H groups in total. The second kappa shape index (κ2) is 4.90. The van der Waals surface area contributed by atoms with Crippen molar-refractivity contribution < 1.29 is 13.3 Å². The molecule has 4 heteroatoms. The molecule has 13 heavy (non-hydrogen) atoms. The van der Waals surface area contributed by atoms with E-state index in [2.05, 4.69) is 12.2 Å². The fraction of sp³-hybridized carbons (Fsp3) is 0.778. The highest BCUT2D eigenvalue weighted by Gasteiger charge is 2.45. The van der Waals surface area contributed by atoms with E-state index < -0.39 is 8.80 Å². The van der Waals surface area contributed by atoms with E-state index in [0.717, 1.165) is 12.8 Å². The molecule has 0 aromatic rings. The highest BCUT2D eigenvalue weighted by molar-refractivity contribution is 6.62. The van der Waals surface area contributed by atoms with Crippen LogP contribution in [0.5, 0.6) is 0 Å². The molecular formula is C9H18O3Si. The molecule has 1 aliphatic carbocycles. The lowest BCUT2D eigenvalue weighted by atomic mass is 10.1. The predicted molar refractivity (Wildman–Crippen MR) is 53.5 cm³/mol. The lowest BCUT2D eigenvalue weighted by Crippen LogP contribution is -2.47. The van der Waals surface area contributed by atoms with E-state index >= 15 is 0 Å². The van der Waals surface area contributed by atoms with Crippen LogP contribution in [-0.2, 0) is 13.3 Å². The summed E-state index contributed by atoms with van der Waals surface area (Å²) in [6.45, 7) is 0. The van der Waals surface area contributed by atoms with Crippen LogP contribution in [0.3, 0.4) is 0 Å². The van der Waals surface area contributed by atoms with Crippen molar-refractivity contribution >= 4 is 8.80 Å². The van der Waals surface area contributed by atoms with E-state index in [1.807, 2.05) is 0 Å². The van der Waals surface area contributed by atoms with E-state index in [0.29, 0.717) is 5.54 Å². The first kappa shape index (κ1) is 10.9. The van der Waals surface area contributed by atoms with Crippen LogP contribution in [0.4, 0.5) is 0 Å². The summed E-state index contributed by atoms with van der Waals surface area (Å²) >= 11 is 0. The molecule has 0 heterocycles. The summed E-state index contributed by atoms with van der Waals surface area (Å²) < 4.78 is 16.3. The zero-order chi connectivity index (χ0) is 9.73. The summed E-state index contributed by atoms with van der Waals surface area (Å²) in [4.78, 5) is 0. The van der Waals surface area contributed by atoms with Crippen molar-refractivity contribution in [3.63, 3.8) is 0 Å². The molecule has 0 spiro atoms. The Morgan fingerprint density at radius 2 is 1.77 bits per heavy atom. The normalized spacial score (nSPS) is 23.5. The maximum absolute atomic E-state index is 5.42. The first-order valence-corrected chi connectivity index (χ1v) is 6.41. The quantitative estimate of drug-likeness (QED) is 0.515. The molecule has 0 aromatic carbocycles. The molecule has 1 rings (SSSR count). The van der Waals surface area contributed by atoms with Gasteiger partial charge in [0.25, 0.3) is 0 Å². The van der Waals surface area contributed by atoms with Gasteiger partial charge in [-0.25, -0.2) is 0 Å². The summed E-state index contributed by atoms with van der Waals surface area (Å²) in [6, 6.07) is 0. The van der Waals surface area contributed by atoms with Crippen LogP contribution < -0.4 is 0 Å². The number of hydrogen-bond donors (Lipinski definition) is 0. The van der Waals surface area contributed by atoms with Crippen LogP contribution in [0.2, 0.25) is 5.54 Å². The molecule has 76 valence electrons. The second-order valence-corrected chi connectivity index (χ2v) is 6.35. The highest BCUT2D eigenvalue weighted by Crippen LogP contribution is 2.33. The van der Waals surface area contributed by atoms with Crippen molar-refractivity contribution in [3.05, 3.63) is 12.2 Å². The number of rotatable bonds is 4. The minimum atomic E-state index is -2.40. The Balaban J connectivity index is 2.72.